The minimum absolute atomic E-state index is 0.273. The number of aromatic hydroxyl groups is 2. The first kappa shape index (κ1) is 29.0. The van der Waals surface area contributed by atoms with E-state index in [9.17, 15) is 10.2 Å². The Bertz CT molecular complexity index is 1380. The van der Waals surface area contributed by atoms with Gasteiger partial charge in [0.25, 0.3) is 5.97 Å². The largest absolute Gasteiger partial charge is 0.508 e. The van der Waals surface area contributed by atoms with Crippen molar-refractivity contribution in [2.24, 2.45) is 0 Å². The topological polar surface area (TPSA) is 95.2 Å². The van der Waals surface area contributed by atoms with E-state index < -0.39 is 5.97 Å². The second-order valence-electron chi connectivity index (χ2n) is 10.5. The molecule has 1 aliphatic rings. The van der Waals surface area contributed by atoms with Crippen molar-refractivity contribution in [3.05, 3.63) is 89.1 Å². The first-order chi connectivity index (χ1) is 19.3. The average Bonchev–Trinajstić information content (AvgIpc) is 3.08. The third-order valence-electron chi connectivity index (χ3n) is 7.38. The van der Waals surface area contributed by atoms with E-state index in [0.29, 0.717) is 0 Å². The van der Waals surface area contributed by atoms with Gasteiger partial charge in [-0.05, 0) is 92.0 Å². The van der Waals surface area contributed by atoms with Crippen molar-refractivity contribution in [1.29, 1.82) is 0 Å². The van der Waals surface area contributed by atoms with Crippen molar-refractivity contribution in [2.45, 2.75) is 52.5 Å². The van der Waals surface area contributed by atoms with Crippen LogP contribution in [0, 0.1) is 6.92 Å². The molecule has 2 heterocycles. The Morgan fingerprint density at radius 2 is 1.45 bits per heavy atom. The molecule has 4 aromatic rings. The van der Waals surface area contributed by atoms with E-state index in [1.165, 1.54) is 55.6 Å². The Kier molecular flexibility index (Phi) is 10.1. The number of rotatable bonds is 8. The van der Waals surface area contributed by atoms with Crippen LogP contribution in [0.1, 0.15) is 55.0 Å². The van der Waals surface area contributed by atoms with E-state index in [-0.39, 0.29) is 11.5 Å². The summed E-state index contributed by atoms with van der Waals surface area (Å²) in [5.41, 5.74) is 5.82. The molecule has 212 valence electrons. The van der Waals surface area contributed by atoms with E-state index >= 15 is 0 Å². The highest BCUT2D eigenvalue weighted by Crippen LogP contribution is 2.31. The Hall–Kier alpha value is -3.97. The molecule has 1 fully saturated rings. The zero-order valence-corrected chi connectivity index (χ0v) is 23.5. The van der Waals surface area contributed by atoms with Crippen LogP contribution in [0.2, 0.25) is 0 Å². The number of carbonyl (C=O) groups is 1. The summed E-state index contributed by atoms with van der Waals surface area (Å²) in [6, 6.07) is 21.4. The molecular weight excluding hydrogens is 504 g/mol. The fourth-order valence-corrected chi connectivity index (χ4v) is 5.30. The first-order valence-electron chi connectivity index (χ1n) is 14.0. The van der Waals surface area contributed by atoms with Gasteiger partial charge in [-0.2, -0.15) is 0 Å². The first-order valence-corrected chi connectivity index (χ1v) is 14.0. The Morgan fingerprint density at radius 3 is 2.10 bits per heavy atom. The molecule has 0 atom stereocenters. The van der Waals surface area contributed by atoms with Crippen LogP contribution in [0.4, 0.5) is 0 Å². The zero-order valence-electron chi connectivity index (χ0n) is 23.5. The molecule has 40 heavy (non-hydrogen) atoms. The van der Waals surface area contributed by atoms with Crippen LogP contribution in [0.25, 0.3) is 10.9 Å². The molecule has 0 unspecified atom stereocenters. The van der Waals surface area contributed by atoms with Gasteiger partial charge in [-0.3, -0.25) is 9.69 Å². The lowest BCUT2D eigenvalue weighted by atomic mass is 10.1. The minimum atomic E-state index is -0.833. The maximum atomic E-state index is 10.1. The second-order valence-corrected chi connectivity index (χ2v) is 10.5. The van der Waals surface area contributed by atoms with Crippen LogP contribution >= 0.6 is 0 Å². The van der Waals surface area contributed by atoms with Crippen LogP contribution < -0.4 is 4.74 Å². The lowest BCUT2D eigenvalue weighted by Crippen LogP contribution is -2.29. The highest BCUT2D eigenvalue weighted by atomic mass is 16.5. The lowest BCUT2D eigenvalue weighted by Gasteiger charge is -2.19. The smallest absolute Gasteiger partial charge is 0.300 e. The Morgan fingerprint density at radius 1 is 0.850 bits per heavy atom. The Labute approximate surface area is 236 Å². The van der Waals surface area contributed by atoms with E-state index in [2.05, 4.69) is 40.7 Å². The predicted molar refractivity (Wildman–Crippen MR) is 159 cm³/mol. The molecule has 7 heteroatoms. The summed E-state index contributed by atoms with van der Waals surface area (Å²) in [6.45, 7) is 8.03. The Balaban J connectivity index is 0.000000867. The molecule has 0 radical (unpaired) electrons. The van der Waals surface area contributed by atoms with Gasteiger partial charge in [0.1, 0.15) is 23.9 Å². The molecule has 1 aliphatic heterocycles. The van der Waals surface area contributed by atoms with E-state index in [1.54, 1.807) is 18.2 Å². The van der Waals surface area contributed by atoms with Crippen molar-refractivity contribution in [3.8, 4) is 17.2 Å². The number of phenols is 2. The number of likely N-dealkylation sites (tertiary alicyclic amines) is 1. The maximum absolute atomic E-state index is 10.1. The normalized spacial score (nSPS) is 13.8. The average molecular weight is 545 g/mol. The molecule has 0 spiro atoms. The molecule has 0 bridgehead atoms. The van der Waals surface area contributed by atoms with E-state index in [1.807, 2.05) is 24.3 Å². The van der Waals surface area contributed by atoms with Gasteiger partial charge in [0.05, 0.1) is 0 Å². The highest BCUT2D eigenvalue weighted by molar-refractivity contribution is 5.87. The zero-order chi connectivity index (χ0) is 28.5. The molecule has 3 aromatic carbocycles. The van der Waals surface area contributed by atoms with Crippen LogP contribution in [0.5, 0.6) is 17.2 Å². The number of nitrogens with zero attached hydrogens (tertiary/aromatic N) is 2. The quantitative estimate of drug-likeness (QED) is 0.239. The lowest BCUT2D eigenvalue weighted by molar-refractivity contribution is -0.134. The number of carboxylic acids is 1. The van der Waals surface area contributed by atoms with Crippen molar-refractivity contribution in [3.63, 3.8) is 0 Å². The van der Waals surface area contributed by atoms with E-state index in [4.69, 9.17) is 14.6 Å². The number of phenolic OH excluding ortho intramolecular Hbond substituents is 2. The number of hydrogen-bond donors (Lipinski definition) is 3. The number of carboxylic acid groups (broad SMARTS) is 1. The van der Waals surface area contributed by atoms with Gasteiger partial charge in [-0.25, -0.2) is 0 Å². The van der Waals surface area contributed by atoms with Crippen LogP contribution in [-0.4, -0.2) is 57.0 Å². The monoisotopic (exact) mass is 544 g/mol. The molecule has 7 nitrogen and oxygen atoms in total. The van der Waals surface area contributed by atoms with Crippen LogP contribution in [0.3, 0.4) is 0 Å². The maximum Gasteiger partial charge on any atom is 0.300 e. The number of fused-ring (bicyclic) bond motifs is 1. The standard InChI is InChI=1S/C31H36N2O3.C2H4O2/c1-23-29-21-27(35)12-15-30(29)33(31(23)20-24-6-10-26(34)11-7-24)22-25-8-13-28(14-9-25)36-19-18-32-16-4-2-3-5-17-32;1-2(3)4/h6-15,21,34-35H,2-5,16-20,22H2,1H3;1H3,(H,3,4). The number of aromatic nitrogens is 1. The molecule has 0 aliphatic carbocycles. The number of hydrogen-bond acceptors (Lipinski definition) is 5. The summed E-state index contributed by atoms with van der Waals surface area (Å²) in [7, 11) is 0. The molecule has 3 N–H and O–H groups in total. The number of benzene rings is 3. The summed E-state index contributed by atoms with van der Waals surface area (Å²) in [4.78, 5) is 11.5. The van der Waals surface area contributed by atoms with Crippen LogP contribution in [0.15, 0.2) is 66.7 Å². The highest BCUT2D eigenvalue weighted by Gasteiger charge is 2.16. The molecule has 1 saturated heterocycles. The summed E-state index contributed by atoms with van der Waals surface area (Å²) in [5.74, 6) is 0.631. The molecule has 5 rings (SSSR count). The van der Waals surface area contributed by atoms with E-state index in [0.717, 1.165) is 55.3 Å². The van der Waals surface area contributed by atoms with Crippen LogP contribution in [-0.2, 0) is 17.8 Å². The third kappa shape index (κ3) is 8.02. The second kappa shape index (κ2) is 13.9. The van der Waals surface area contributed by atoms with Gasteiger partial charge < -0.3 is 24.6 Å². The van der Waals surface area contributed by atoms with Crippen molar-refractivity contribution >= 4 is 16.9 Å². The van der Waals surface area contributed by atoms with Gasteiger partial charge in [0.2, 0.25) is 0 Å². The van der Waals surface area contributed by atoms with Gasteiger partial charge in [-0.1, -0.05) is 37.1 Å². The predicted octanol–water partition coefficient (Wildman–Crippen LogP) is 6.35. The van der Waals surface area contributed by atoms with Gasteiger partial charge in [0.15, 0.2) is 0 Å². The van der Waals surface area contributed by atoms with Crippen molar-refractivity contribution < 1.29 is 24.9 Å². The number of aliphatic carboxylic acids is 1. The summed E-state index contributed by atoms with van der Waals surface area (Å²) in [5, 5.41) is 28.3. The fraction of sp³-hybridized carbons (Fsp3) is 0.364. The number of ether oxygens (including phenoxy) is 1. The van der Waals surface area contributed by atoms with Gasteiger partial charge in [0, 0.05) is 43.0 Å². The number of aryl methyl sites for hydroxylation is 1. The summed E-state index contributed by atoms with van der Waals surface area (Å²) >= 11 is 0. The molecule has 1 aromatic heterocycles. The molecular formula is C33H40N2O5. The van der Waals surface area contributed by atoms with Gasteiger partial charge >= 0.3 is 0 Å². The SMILES string of the molecule is CC(=O)O.Cc1c(Cc2ccc(O)cc2)n(Cc2ccc(OCCN3CCCCCC3)cc2)c2ccc(O)cc12. The third-order valence-corrected chi connectivity index (χ3v) is 7.38. The fourth-order valence-electron chi connectivity index (χ4n) is 5.30. The molecule has 0 amide bonds. The summed E-state index contributed by atoms with van der Waals surface area (Å²) in [6.07, 6.45) is 6.06. The van der Waals surface area contributed by atoms with Crippen molar-refractivity contribution in [1.82, 2.24) is 9.47 Å². The summed E-state index contributed by atoms with van der Waals surface area (Å²) < 4.78 is 8.40. The van der Waals surface area contributed by atoms with Crippen molar-refractivity contribution in [2.75, 3.05) is 26.2 Å². The van der Waals surface area contributed by atoms with Gasteiger partial charge in [-0.15, -0.1) is 0 Å². The molecule has 0 saturated carbocycles. The minimum Gasteiger partial charge on any atom is -0.508 e.